The number of esters is 1. The van der Waals surface area contributed by atoms with Crippen LogP contribution in [0.5, 0.6) is 0 Å². The van der Waals surface area contributed by atoms with Crippen molar-refractivity contribution >= 4 is 21.8 Å². The van der Waals surface area contributed by atoms with Gasteiger partial charge in [0.1, 0.15) is 6.61 Å². The molecule has 0 saturated heterocycles. The third-order valence-electron chi connectivity index (χ3n) is 4.06. The zero-order valence-corrected chi connectivity index (χ0v) is 15.6. The Morgan fingerprint density at radius 1 is 0.926 bits per heavy atom. The van der Waals surface area contributed by atoms with Gasteiger partial charge in [-0.2, -0.15) is 0 Å². The van der Waals surface area contributed by atoms with Crippen LogP contribution in [0, 0.1) is 0 Å². The summed E-state index contributed by atoms with van der Waals surface area (Å²) in [6.45, 7) is -0.0318. The van der Waals surface area contributed by atoms with E-state index in [1.807, 2.05) is 36.4 Å². The molecular weight excluding hydrogens is 368 g/mol. The van der Waals surface area contributed by atoms with Crippen molar-refractivity contribution in [3.8, 4) is 0 Å². The number of benzene rings is 2. The normalized spacial score (nSPS) is 12.3. The Balaban J connectivity index is 2.09. The van der Waals surface area contributed by atoms with E-state index < -0.39 is 39.2 Å². The van der Waals surface area contributed by atoms with Crippen LogP contribution in [0.1, 0.15) is 24.0 Å². The summed E-state index contributed by atoms with van der Waals surface area (Å²) in [4.78, 5) is 23.2. The summed E-state index contributed by atoms with van der Waals surface area (Å²) < 4.78 is 30.3. The minimum Gasteiger partial charge on any atom is -0.481 e. The van der Waals surface area contributed by atoms with Gasteiger partial charge in [-0.15, -0.1) is 0 Å². The van der Waals surface area contributed by atoms with Crippen LogP contribution >= 0.6 is 0 Å². The molecule has 0 radical (unpaired) electrons. The van der Waals surface area contributed by atoms with Crippen molar-refractivity contribution in [3.63, 3.8) is 0 Å². The summed E-state index contributed by atoms with van der Waals surface area (Å²) in [6, 6.07) is 18.1. The van der Waals surface area contributed by atoms with Crippen LogP contribution in [0.2, 0.25) is 0 Å². The molecule has 0 fully saturated rings. The number of rotatable bonds is 10. The lowest BCUT2D eigenvalue weighted by molar-refractivity contribution is -0.144. The number of ether oxygens (including phenoxy) is 1. The monoisotopic (exact) mass is 390 g/mol. The minimum absolute atomic E-state index is 0.0318. The molecule has 0 saturated carbocycles. The Labute approximate surface area is 158 Å². The predicted octanol–water partition coefficient (Wildman–Crippen LogP) is 2.62. The second kappa shape index (κ2) is 9.87. The van der Waals surface area contributed by atoms with Crippen LogP contribution in [-0.4, -0.2) is 36.5 Å². The summed E-state index contributed by atoms with van der Waals surface area (Å²) in [5.41, 5.74) is 1.64. The van der Waals surface area contributed by atoms with Gasteiger partial charge in [-0.05, 0) is 24.0 Å². The number of carbonyl (C=O) groups is 2. The maximum absolute atomic E-state index is 12.5. The van der Waals surface area contributed by atoms with Crippen LogP contribution in [0.4, 0.5) is 0 Å². The molecular formula is C20H22O6S. The van der Waals surface area contributed by atoms with Gasteiger partial charge in [0.25, 0.3) is 0 Å². The maximum atomic E-state index is 12.5. The van der Waals surface area contributed by atoms with Crippen LogP contribution in [0.15, 0.2) is 60.7 Å². The zero-order valence-electron chi connectivity index (χ0n) is 14.8. The fourth-order valence-corrected chi connectivity index (χ4v) is 4.16. The lowest BCUT2D eigenvalue weighted by Crippen LogP contribution is -2.35. The first-order valence-electron chi connectivity index (χ1n) is 8.56. The molecule has 144 valence electrons. The van der Waals surface area contributed by atoms with E-state index in [-0.39, 0.29) is 13.0 Å². The van der Waals surface area contributed by atoms with Crippen molar-refractivity contribution in [2.45, 2.75) is 31.1 Å². The maximum Gasteiger partial charge on any atom is 0.324 e. The van der Waals surface area contributed by atoms with E-state index in [4.69, 9.17) is 9.84 Å². The Kier molecular flexibility index (Phi) is 7.55. The van der Waals surface area contributed by atoms with Crippen molar-refractivity contribution in [1.29, 1.82) is 0 Å². The molecule has 1 N–H and O–H groups in total. The van der Waals surface area contributed by atoms with Gasteiger partial charge in [-0.1, -0.05) is 60.7 Å². The van der Waals surface area contributed by atoms with E-state index in [9.17, 15) is 18.0 Å². The lowest BCUT2D eigenvalue weighted by Gasteiger charge is -2.16. The van der Waals surface area contributed by atoms with Crippen LogP contribution < -0.4 is 0 Å². The molecule has 0 bridgehead atoms. The summed E-state index contributed by atoms with van der Waals surface area (Å²) >= 11 is 0. The van der Waals surface area contributed by atoms with Crippen molar-refractivity contribution < 1.29 is 27.9 Å². The number of hydrogen-bond acceptors (Lipinski definition) is 5. The van der Waals surface area contributed by atoms with E-state index in [0.717, 1.165) is 11.1 Å². The number of carboxylic acid groups (broad SMARTS) is 1. The first-order chi connectivity index (χ1) is 12.9. The van der Waals surface area contributed by atoms with Crippen molar-refractivity contribution in [2.75, 3.05) is 5.75 Å². The van der Waals surface area contributed by atoms with Gasteiger partial charge in [0.05, 0.1) is 12.2 Å². The van der Waals surface area contributed by atoms with Gasteiger partial charge in [0.15, 0.2) is 15.1 Å². The lowest BCUT2D eigenvalue weighted by atomic mass is 10.1. The molecule has 0 aliphatic carbocycles. The molecule has 2 rings (SSSR count). The molecule has 1 unspecified atom stereocenters. The SMILES string of the molecule is O=C(O)CCS(=O)(=O)C(CCc1ccccc1)C(=O)OCc1ccccc1. The van der Waals surface area contributed by atoms with E-state index in [0.29, 0.717) is 6.42 Å². The summed E-state index contributed by atoms with van der Waals surface area (Å²) in [5, 5.41) is 7.39. The van der Waals surface area contributed by atoms with Gasteiger partial charge in [-0.3, -0.25) is 9.59 Å². The van der Waals surface area contributed by atoms with Gasteiger partial charge in [0.2, 0.25) is 0 Å². The highest BCUT2D eigenvalue weighted by Gasteiger charge is 2.34. The highest BCUT2D eigenvalue weighted by molar-refractivity contribution is 7.92. The standard InChI is InChI=1S/C20H22O6S/c21-19(22)13-14-27(24,25)18(12-11-16-7-3-1-4-8-16)20(23)26-15-17-9-5-2-6-10-17/h1-10,18H,11-15H2,(H,21,22). The fraction of sp³-hybridized carbons (Fsp3) is 0.300. The van der Waals surface area contributed by atoms with Gasteiger partial charge in [0, 0.05) is 0 Å². The largest absolute Gasteiger partial charge is 0.481 e. The first kappa shape index (κ1) is 20.6. The molecule has 0 aromatic heterocycles. The molecule has 6 nitrogen and oxygen atoms in total. The summed E-state index contributed by atoms with van der Waals surface area (Å²) in [6.07, 6.45) is -0.131. The first-order valence-corrected chi connectivity index (χ1v) is 10.3. The molecule has 7 heteroatoms. The van der Waals surface area contributed by atoms with Gasteiger partial charge in [-0.25, -0.2) is 8.42 Å². The minimum atomic E-state index is -3.95. The number of aryl methyl sites for hydroxylation is 1. The molecule has 0 aliphatic rings. The van der Waals surface area contributed by atoms with Crippen molar-refractivity contribution in [3.05, 3.63) is 71.8 Å². The average molecular weight is 390 g/mol. The Morgan fingerprint density at radius 3 is 2.04 bits per heavy atom. The molecule has 0 heterocycles. The average Bonchev–Trinajstić information content (AvgIpc) is 2.66. The molecule has 1 atom stereocenters. The van der Waals surface area contributed by atoms with E-state index in [1.165, 1.54) is 0 Å². The zero-order chi connectivity index (χ0) is 19.7. The third kappa shape index (κ3) is 6.86. The molecule has 0 aliphatic heterocycles. The second-order valence-electron chi connectivity index (χ2n) is 6.12. The molecule has 0 spiro atoms. The number of sulfone groups is 1. The summed E-state index contributed by atoms with van der Waals surface area (Å²) in [5.74, 6) is -2.67. The van der Waals surface area contributed by atoms with Gasteiger partial charge >= 0.3 is 11.9 Å². The van der Waals surface area contributed by atoms with Gasteiger partial charge < -0.3 is 9.84 Å². The predicted molar refractivity (Wildman–Crippen MR) is 101 cm³/mol. The van der Waals surface area contributed by atoms with Crippen molar-refractivity contribution in [1.82, 2.24) is 0 Å². The van der Waals surface area contributed by atoms with Crippen molar-refractivity contribution in [2.24, 2.45) is 0 Å². The topological polar surface area (TPSA) is 97.7 Å². The quantitative estimate of drug-likeness (QED) is 0.626. The number of aliphatic carboxylic acids is 1. The molecule has 2 aromatic rings. The van der Waals surface area contributed by atoms with Crippen LogP contribution in [-0.2, 0) is 37.2 Å². The Hall–Kier alpha value is -2.67. The highest BCUT2D eigenvalue weighted by Crippen LogP contribution is 2.16. The van der Waals surface area contributed by atoms with Crippen LogP contribution in [0.25, 0.3) is 0 Å². The highest BCUT2D eigenvalue weighted by atomic mass is 32.2. The molecule has 2 aromatic carbocycles. The Morgan fingerprint density at radius 2 is 1.48 bits per heavy atom. The summed E-state index contributed by atoms with van der Waals surface area (Å²) in [7, 11) is -3.95. The number of carbonyl (C=O) groups excluding carboxylic acids is 1. The Bertz CT molecular complexity index is 847. The smallest absolute Gasteiger partial charge is 0.324 e. The fourth-order valence-electron chi connectivity index (χ4n) is 2.58. The number of carboxylic acids is 1. The second-order valence-corrected chi connectivity index (χ2v) is 8.42. The number of hydrogen-bond donors (Lipinski definition) is 1. The van der Waals surface area contributed by atoms with E-state index in [2.05, 4.69) is 0 Å². The van der Waals surface area contributed by atoms with E-state index >= 15 is 0 Å². The molecule has 27 heavy (non-hydrogen) atoms. The third-order valence-corrected chi connectivity index (χ3v) is 6.13. The van der Waals surface area contributed by atoms with Crippen LogP contribution in [0.3, 0.4) is 0 Å². The van der Waals surface area contributed by atoms with E-state index in [1.54, 1.807) is 24.3 Å². The molecule has 0 amide bonds.